The van der Waals surface area contributed by atoms with Crippen LogP contribution >= 0.6 is 0 Å². The van der Waals surface area contributed by atoms with Crippen molar-refractivity contribution in [3.05, 3.63) is 65.2 Å². The molecule has 39 heavy (non-hydrogen) atoms. The van der Waals surface area contributed by atoms with Gasteiger partial charge in [-0.05, 0) is 62.7 Å². The zero-order chi connectivity index (χ0) is 28.4. The molecule has 0 saturated carbocycles. The van der Waals surface area contributed by atoms with Crippen LogP contribution in [0.3, 0.4) is 0 Å². The summed E-state index contributed by atoms with van der Waals surface area (Å²) in [6.45, 7) is 3.12. The van der Waals surface area contributed by atoms with E-state index in [1.807, 2.05) is 0 Å². The van der Waals surface area contributed by atoms with Crippen LogP contribution in [0.5, 0.6) is 5.75 Å². The fraction of sp³-hybridized carbons (Fsp3) is 0.370. The number of amides is 1. The van der Waals surface area contributed by atoms with E-state index in [1.165, 1.54) is 13.1 Å². The molecule has 2 aromatic carbocycles. The molecule has 1 amide bonds. The van der Waals surface area contributed by atoms with E-state index in [-0.39, 0.29) is 36.3 Å². The highest BCUT2D eigenvalue weighted by Gasteiger charge is 2.28. The Morgan fingerprint density at radius 3 is 2.62 bits per heavy atom. The largest absolute Gasteiger partial charge is 0.489 e. The summed E-state index contributed by atoms with van der Waals surface area (Å²) in [7, 11) is -2.71. The number of nitrogen functional groups attached to an aromatic ring is 1. The first-order valence-electron chi connectivity index (χ1n) is 12.6. The first-order chi connectivity index (χ1) is 18.6. The zero-order valence-electron chi connectivity index (χ0n) is 22.1. The SMILES string of the molecule is CCOC(=O)CS(=O)(=O)N(CC=Cc1cccc(C(=N)N)c1)c1ccc(OC2CCNCC2)c(C(=O)NC)c1. The highest BCUT2D eigenvalue weighted by molar-refractivity contribution is 7.93. The van der Waals surface area contributed by atoms with Crippen molar-refractivity contribution in [1.29, 1.82) is 5.41 Å². The number of piperidine rings is 1. The second kappa shape index (κ2) is 13.8. The lowest BCUT2D eigenvalue weighted by Gasteiger charge is -2.27. The minimum atomic E-state index is -4.19. The lowest BCUT2D eigenvalue weighted by molar-refractivity contribution is -0.139. The molecule has 1 aliphatic heterocycles. The van der Waals surface area contributed by atoms with E-state index in [2.05, 4.69) is 10.6 Å². The third-order valence-corrected chi connectivity index (χ3v) is 7.66. The zero-order valence-corrected chi connectivity index (χ0v) is 22.9. The van der Waals surface area contributed by atoms with Crippen molar-refractivity contribution in [2.75, 3.05) is 43.3 Å². The van der Waals surface area contributed by atoms with E-state index < -0.39 is 27.7 Å². The van der Waals surface area contributed by atoms with E-state index in [9.17, 15) is 18.0 Å². The molecule has 210 valence electrons. The van der Waals surface area contributed by atoms with Crippen LogP contribution in [0, 0.1) is 5.41 Å². The number of anilines is 1. The number of carbonyl (C=O) groups excluding carboxylic acids is 2. The minimum absolute atomic E-state index is 0.0459. The van der Waals surface area contributed by atoms with E-state index in [4.69, 9.17) is 20.6 Å². The molecule has 11 nitrogen and oxygen atoms in total. The number of hydrogen-bond acceptors (Lipinski definition) is 8. The monoisotopic (exact) mass is 557 g/mol. The van der Waals surface area contributed by atoms with Crippen LogP contribution in [-0.2, 0) is 19.6 Å². The number of nitrogens with two attached hydrogens (primary N) is 1. The minimum Gasteiger partial charge on any atom is -0.489 e. The maximum absolute atomic E-state index is 13.4. The molecule has 2 aromatic rings. The molecule has 0 spiro atoms. The van der Waals surface area contributed by atoms with Crippen molar-refractivity contribution in [3.63, 3.8) is 0 Å². The van der Waals surface area contributed by atoms with Crippen LogP contribution in [0.2, 0.25) is 0 Å². The maximum Gasteiger partial charge on any atom is 0.323 e. The standard InChI is InChI=1S/C27H35N5O6S/c1-3-37-25(33)18-39(35,36)32(15-5-7-19-6-4-8-20(16-19)26(28)29)21-9-10-24(23(17-21)27(34)30-2)38-22-11-13-31-14-12-22/h4-10,16-17,22,31H,3,11-15,18H2,1-2H3,(H3,28,29)(H,30,34). The highest BCUT2D eigenvalue weighted by atomic mass is 32.2. The summed E-state index contributed by atoms with van der Waals surface area (Å²) in [5.74, 6) is -1.91. The van der Waals surface area contributed by atoms with Gasteiger partial charge in [0.15, 0.2) is 5.75 Å². The molecule has 5 N–H and O–H groups in total. The van der Waals surface area contributed by atoms with Crippen LogP contribution in [0.1, 0.15) is 41.3 Å². The van der Waals surface area contributed by atoms with Gasteiger partial charge in [-0.15, -0.1) is 0 Å². The molecule has 1 heterocycles. The fourth-order valence-electron chi connectivity index (χ4n) is 4.08. The second-order valence-corrected chi connectivity index (χ2v) is 10.8. The number of rotatable bonds is 12. The number of sulfonamides is 1. The number of ether oxygens (including phenoxy) is 2. The van der Waals surface area contributed by atoms with Gasteiger partial charge in [0.05, 0.1) is 24.4 Å². The number of benzene rings is 2. The van der Waals surface area contributed by atoms with Crippen molar-refractivity contribution in [3.8, 4) is 5.75 Å². The molecular weight excluding hydrogens is 522 g/mol. The van der Waals surface area contributed by atoms with Crippen LogP contribution in [0.4, 0.5) is 5.69 Å². The number of nitrogens with one attached hydrogen (secondary N) is 3. The van der Waals surface area contributed by atoms with E-state index in [1.54, 1.807) is 55.5 Å². The summed E-state index contributed by atoms with van der Waals surface area (Å²) < 4.78 is 38.8. The summed E-state index contributed by atoms with van der Waals surface area (Å²) >= 11 is 0. The summed E-state index contributed by atoms with van der Waals surface area (Å²) in [4.78, 5) is 24.9. The smallest absolute Gasteiger partial charge is 0.323 e. The molecule has 0 aromatic heterocycles. The summed E-state index contributed by atoms with van der Waals surface area (Å²) in [6, 6.07) is 11.5. The molecule has 1 aliphatic rings. The Kier molecular flexibility index (Phi) is 10.5. The number of nitrogens with zero attached hydrogens (tertiary/aromatic N) is 1. The Morgan fingerprint density at radius 2 is 1.95 bits per heavy atom. The van der Waals surface area contributed by atoms with Gasteiger partial charge in [0, 0.05) is 12.6 Å². The molecule has 1 fully saturated rings. The van der Waals surface area contributed by atoms with Crippen molar-refractivity contribution >= 4 is 39.5 Å². The molecule has 0 radical (unpaired) electrons. The molecule has 1 saturated heterocycles. The van der Waals surface area contributed by atoms with Crippen molar-refractivity contribution in [2.45, 2.75) is 25.9 Å². The van der Waals surface area contributed by atoms with Crippen molar-refractivity contribution < 1.29 is 27.5 Å². The molecule has 3 rings (SSSR count). The summed E-state index contributed by atoms with van der Waals surface area (Å²) in [6.07, 6.45) is 4.79. The van der Waals surface area contributed by atoms with Crippen molar-refractivity contribution in [2.24, 2.45) is 5.73 Å². The fourth-order valence-corrected chi connectivity index (χ4v) is 5.37. The lowest BCUT2D eigenvalue weighted by atomic mass is 10.1. The molecule has 0 unspecified atom stereocenters. The number of esters is 1. The van der Waals surface area contributed by atoms with Gasteiger partial charge in [-0.1, -0.05) is 30.4 Å². The number of hydrogen-bond donors (Lipinski definition) is 4. The average molecular weight is 558 g/mol. The van der Waals surface area contributed by atoms with Gasteiger partial charge in [0.25, 0.3) is 5.91 Å². The Morgan fingerprint density at radius 1 is 1.21 bits per heavy atom. The first-order valence-corrected chi connectivity index (χ1v) is 14.3. The Balaban J connectivity index is 1.97. The van der Waals surface area contributed by atoms with E-state index >= 15 is 0 Å². The average Bonchev–Trinajstić information content (AvgIpc) is 2.91. The van der Waals surface area contributed by atoms with Crippen LogP contribution in [0.25, 0.3) is 6.08 Å². The Bertz CT molecular complexity index is 1320. The van der Waals surface area contributed by atoms with Gasteiger partial charge in [-0.2, -0.15) is 0 Å². The quantitative estimate of drug-likeness (QED) is 0.175. The van der Waals surface area contributed by atoms with Gasteiger partial charge in [-0.3, -0.25) is 19.3 Å². The Labute approximate surface area is 228 Å². The number of carbonyl (C=O) groups is 2. The molecule has 12 heteroatoms. The molecule has 0 atom stereocenters. The number of amidine groups is 1. The molecule has 0 bridgehead atoms. The molecule has 0 aliphatic carbocycles. The van der Waals surface area contributed by atoms with Gasteiger partial charge < -0.3 is 25.8 Å². The van der Waals surface area contributed by atoms with Crippen LogP contribution in [0.15, 0.2) is 48.5 Å². The highest BCUT2D eigenvalue weighted by Crippen LogP contribution is 2.29. The Hall–Kier alpha value is -3.90. The van der Waals surface area contributed by atoms with Gasteiger partial charge in [0.2, 0.25) is 10.0 Å². The normalized spacial score (nSPS) is 14.1. The van der Waals surface area contributed by atoms with Crippen LogP contribution < -0.4 is 25.4 Å². The van der Waals surface area contributed by atoms with Gasteiger partial charge >= 0.3 is 5.97 Å². The second-order valence-electron chi connectivity index (χ2n) is 8.86. The topological polar surface area (TPSA) is 164 Å². The van der Waals surface area contributed by atoms with E-state index in [0.29, 0.717) is 16.9 Å². The van der Waals surface area contributed by atoms with E-state index in [0.717, 1.165) is 30.2 Å². The summed E-state index contributed by atoms with van der Waals surface area (Å²) in [5, 5.41) is 13.5. The summed E-state index contributed by atoms with van der Waals surface area (Å²) in [5.41, 5.74) is 7.18. The maximum atomic E-state index is 13.4. The van der Waals surface area contributed by atoms with Gasteiger partial charge in [0.1, 0.15) is 17.7 Å². The predicted molar refractivity (Wildman–Crippen MR) is 151 cm³/mol. The van der Waals surface area contributed by atoms with Crippen LogP contribution in [-0.4, -0.2) is 71.3 Å². The van der Waals surface area contributed by atoms with Gasteiger partial charge in [-0.25, -0.2) is 8.42 Å². The third-order valence-electron chi connectivity index (χ3n) is 6.02. The lowest BCUT2D eigenvalue weighted by Crippen LogP contribution is -2.37. The third kappa shape index (κ3) is 8.29. The van der Waals surface area contributed by atoms with Crippen molar-refractivity contribution in [1.82, 2.24) is 10.6 Å². The molecular formula is C27H35N5O6S. The predicted octanol–water partition coefficient (Wildman–Crippen LogP) is 1.87. The first kappa shape index (κ1) is 29.7.